The lowest BCUT2D eigenvalue weighted by atomic mass is 9.78. The predicted octanol–water partition coefficient (Wildman–Crippen LogP) is 2.68. The highest BCUT2D eigenvalue weighted by Crippen LogP contribution is 2.43. The van der Waals surface area contributed by atoms with Crippen LogP contribution in [-0.4, -0.2) is 23.9 Å². The van der Waals surface area contributed by atoms with Crippen molar-refractivity contribution in [2.75, 3.05) is 13.2 Å². The Balaban J connectivity index is 2.41. The minimum absolute atomic E-state index is 0.0868. The summed E-state index contributed by atoms with van der Waals surface area (Å²) in [4.78, 5) is 0. The fourth-order valence-corrected chi connectivity index (χ4v) is 2.86. The number of hydrogen-bond donors (Lipinski definition) is 2. The molecule has 19 heavy (non-hydrogen) atoms. The number of benzene rings is 1. The molecule has 0 saturated carbocycles. The Bertz CT molecular complexity index is 442. The summed E-state index contributed by atoms with van der Waals surface area (Å²) in [6.07, 6.45) is 0.764. The van der Waals surface area contributed by atoms with Crippen LogP contribution in [0.1, 0.15) is 39.7 Å². The molecular weight excluding hydrogens is 238 g/mol. The highest BCUT2D eigenvalue weighted by atomic mass is 16.5. The lowest BCUT2D eigenvalue weighted by Crippen LogP contribution is -2.55. The van der Waals surface area contributed by atoms with Crippen molar-refractivity contribution in [2.24, 2.45) is 5.92 Å². The molecule has 0 spiro atoms. The van der Waals surface area contributed by atoms with E-state index in [-0.39, 0.29) is 12.2 Å². The zero-order valence-electron chi connectivity index (χ0n) is 12.4. The van der Waals surface area contributed by atoms with E-state index in [0.717, 1.165) is 24.3 Å². The van der Waals surface area contributed by atoms with Crippen LogP contribution in [0.3, 0.4) is 0 Å². The van der Waals surface area contributed by atoms with Gasteiger partial charge in [-0.25, -0.2) is 0 Å². The first-order valence-corrected chi connectivity index (χ1v) is 7.03. The summed E-state index contributed by atoms with van der Waals surface area (Å²) < 4.78 is 6.03. The fraction of sp³-hybridized carbons (Fsp3) is 0.625. The van der Waals surface area contributed by atoms with Gasteiger partial charge in [0.15, 0.2) is 0 Å². The molecule has 0 radical (unpaired) electrons. The molecule has 1 atom stereocenters. The molecule has 1 heterocycles. The Morgan fingerprint density at radius 2 is 2.00 bits per heavy atom. The van der Waals surface area contributed by atoms with Crippen LogP contribution in [0.2, 0.25) is 0 Å². The molecule has 1 unspecified atom stereocenters. The summed E-state index contributed by atoms with van der Waals surface area (Å²) in [6.45, 7) is 9.46. The number of nitrogens with one attached hydrogen (secondary N) is 1. The van der Waals surface area contributed by atoms with E-state index in [4.69, 9.17) is 4.74 Å². The van der Waals surface area contributed by atoms with E-state index in [2.05, 4.69) is 33.0 Å². The molecule has 1 aliphatic heterocycles. The lowest BCUT2D eigenvalue weighted by molar-refractivity contribution is 0.00778. The number of aliphatic hydroxyl groups excluding tert-OH is 1. The van der Waals surface area contributed by atoms with Crippen LogP contribution in [0, 0.1) is 5.92 Å². The van der Waals surface area contributed by atoms with Gasteiger partial charge in [-0.3, -0.25) is 0 Å². The maximum absolute atomic E-state index is 10.0. The number of rotatable bonds is 4. The second kappa shape index (κ2) is 5.14. The molecule has 2 rings (SSSR count). The minimum atomic E-state index is -0.400. The number of aliphatic hydroxyl groups is 1. The summed E-state index contributed by atoms with van der Waals surface area (Å²) in [5.74, 6) is 1.42. The third-order valence-corrected chi connectivity index (χ3v) is 3.63. The standard InChI is InChI=1S/C16H25NO2/c1-12(2)9-17-16(11-18)10-15(3,4)19-14-8-6-5-7-13(14)16/h5-8,12,17-18H,9-11H2,1-4H3. The minimum Gasteiger partial charge on any atom is -0.487 e. The Morgan fingerprint density at radius 1 is 1.32 bits per heavy atom. The van der Waals surface area contributed by atoms with Gasteiger partial charge in [-0.1, -0.05) is 32.0 Å². The van der Waals surface area contributed by atoms with E-state index in [9.17, 15) is 5.11 Å². The van der Waals surface area contributed by atoms with E-state index in [1.54, 1.807) is 0 Å². The maximum atomic E-state index is 10.0. The van der Waals surface area contributed by atoms with E-state index in [1.165, 1.54) is 0 Å². The van der Waals surface area contributed by atoms with Crippen molar-refractivity contribution in [1.29, 1.82) is 0 Å². The molecule has 3 heteroatoms. The summed E-state index contributed by atoms with van der Waals surface area (Å²) >= 11 is 0. The van der Waals surface area contributed by atoms with Gasteiger partial charge in [0.25, 0.3) is 0 Å². The van der Waals surface area contributed by atoms with Crippen molar-refractivity contribution in [1.82, 2.24) is 5.32 Å². The number of para-hydroxylation sites is 1. The summed E-state index contributed by atoms with van der Waals surface area (Å²) in [5.41, 5.74) is 0.390. The van der Waals surface area contributed by atoms with E-state index in [1.807, 2.05) is 24.3 Å². The van der Waals surface area contributed by atoms with Crippen LogP contribution in [-0.2, 0) is 5.54 Å². The van der Waals surface area contributed by atoms with Gasteiger partial charge in [-0.2, -0.15) is 0 Å². The molecule has 0 fully saturated rings. The molecular formula is C16H25NO2. The monoisotopic (exact) mass is 263 g/mol. The van der Waals surface area contributed by atoms with Gasteiger partial charge in [-0.05, 0) is 32.4 Å². The second-order valence-corrected chi connectivity index (χ2v) is 6.55. The van der Waals surface area contributed by atoms with Gasteiger partial charge in [0.05, 0.1) is 12.1 Å². The number of ether oxygens (including phenoxy) is 1. The van der Waals surface area contributed by atoms with Crippen molar-refractivity contribution in [2.45, 2.75) is 45.3 Å². The van der Waals surface area contributed by atoms with Crippen molar-refractivity contribution in [3.63, 3.8) is 0 Å². The molecule has 1 aliphatic rings. The molecule has 1 aromatic carbocycles. The SMILES string of the molecule is CC(C)CNC1(CO)CC(C)(C)Oc2ccccc21. The molecule has 0 bridgehead atoms. The molecule has 0 saturated heterocycles. The van der Waals surface area contributed by atoms with Crippen LogP contribution in [0.5, 0.6) is 5.75 Å². The summed E-state index contributed by atoms with van der Waals surface area (Å²) in [5, 5.41) is 13.6. The zero-order valence-corrected chi connectivity index (χ0v) is 12.4. The van der Waals surface area contributed by atoms with Crippen LogP contribution in [0.25, 0.3) is 0 Å². The summed E-state index contributed by atoms with van der Waals surface area (Å²) in [6, 6.07) is 8.01. The third-order valence-electron chi connectivity index (χ3n) is 3.63. The fourth-order valence-electron chi connectivity index (χ4n) is 2.86. The third kappa shape index (κ3) is 2.93. The molecule has 0 aromatic heterocycles. The van der Waals surface area contributed by atoms with Crippen LogP contribution >= 0.6 is 0 Å². The van der Waals surface area contributed by atoms with Crippen LogP contribution in [0.15, 0.2) is 24.3 Å². The molecule has 2 N–H and O–H groups in total. The topological polar surface area (TPSA) is 41.5 Å². The normalized spacial score (nSPS) is 24.9. The van der Waals surface area contributed by atoms with Gasteiger partial charge in [-0.15, -0.1) is 0 Å². The Hall–Kier alpha value is -1.06. The van der Waals surface area contributed by atoms with Gasteiger partial charge >= 0.3 is 0 Å². The summed E-state index contributed by atoms with van der Waals surface area (Å²) in [7, 11) is 0. The first-order valence-electron chi connectivity index (χ1n) is 7.03. The van der Waals surface area contributed by atoms with Gasteiger partial charge in [0, 0.05) is 12.0 Å². The highest BCUT2D eigenvalue weighted by Gasteiger charge is 2.44. The van der Waals surface area contributed by atoms with Crippen molar-refractivity contribution < 1.29 is 9.84 Å². The molecule has 0 aliphatic carbocycles. The molecule has 3 nitrogen and oxygen atoms in total. The van der Waals surface area contributed by atoms with Crippen molar-refractivity contribution in [3.05, 3.63) is 29.8 Å². The Kier molecular flexibility index (Phi) is 3.88. The maximum Gasteiger partial charge on any atom is 0.125 e. The molecule has 0 amide bonds. The van der Waals surface area contributed by atoms with Crippen LogP contribution in [0.4, 0.5) is 0 Å². The van der Waals surface area contributed by atoms with Crippen molar-refractivity contribution >= 4 is 0 Å². The second-order valence-electron chi connectivity index (χ2n) is 6.55. The van der Waals surface area contributed by atoms with Crippen LogP contribution < -0.4 is 10.1 Å². The Morgan fingerprint density at radius 3 is 2.63 bits per heavy atom. The predicted molar refractivity (Wildman–Crippen MR) is 77.4 cm³/mol. The Labute approximate surface area is 116 Å². The quantitative estimate of drug-likeness (QED) is 0.877. The molecule has 106 valence electrons. The lowest BCUT2D eigenvalue weighted by Gasteiger charge is -2.46. The average molecular weight is 263 g/mol. The average Bonchev–Trinajstić information content (AvgIpc) is 2.34. The zero-order chi connectivity index (χ0) is 14.1. The molecule has 1 aromatic rings. The smallest absolute Gasteiger partial charge is 0.125 e. The van der Waals surface area contributed by atoms with Gasteiger partial charge in [0.2, 0.25) is 0 Å². The van der Waals surface area contributed by atoms with E-state index >= 15 is 0 Å². The van der Waals surface area contributed by atoms with E-state index in [0.29, 0.717) is 5.92 Å². The first kappa shape index (κ1) is 14.4. The largest absolute Gasteiger partial charge is 0.487 e. The number of hydrogen-bond acceptors (Lipinski definition) is 3. The van der Waals surface area contributed by atoms with Gasteiger partial charge < -0.3 is 15.2 Å². The highest BCUT2D eigenvalue weighted by molar-refractivity contribution is 5.42. The van der Waals surface area contributed by atoms with Gasteiger partial charge in [0.1, 0.15) is 11.4 Å². The number of fused-ring (bicyclic) bond motifs is 1. The van der Waals surface area contributed by atoms with E-state index < -0.39 is 5.54 Å². The first-order chi connectivity index (χ1) is 8.88. The van der Waals surface area contributed by atoms with Crippen molar-refractivity contribution in [3.8, 4) is 5.75 Å².